The molecule has 1 aromatic carbocycles. The van der Waals surface area contributed by atoms with E-state index >= 15 is 0 Å². The molecular weight excluding hydrogens is 356 g/mol. The zero-order valence-corrected chi connectivity index (χ0v) is 15.6. The van der Waals surface area contributed by atoms with Crippen molar-refractivity contribution in [2.24, 2.45) is 0 Å². The van der Waals surface area contributed by atoms with E-state index in [2.05, 4.69) is 10.4 Å². The van der Waals surface area contributed by atoms with Gasteiger partial charge < -0.3 is 14.8 Å². The third-order valence-corrected chi connectivity index (χ3v) is 4.57. The lowest BCUT2D eigenvalue weighted by molar-refractivity contribution is -0.00716. The van der Waals surface area contributed by atoms with Gasteiger partial charge in [0.05, 0.1) is 31.1 Å². The van der Waals surface area contributed by atoms with Crippen LogP contribution in [0.4, 0.5) is 8.78 Å². The maximum absolute atomic E-state index is 13.8. The molecule has 146 valence electrons. The minimum Gasteiger partial charge on any atom is -0.383 e. The van der Waals surface area contributed by atoms with E-state index in [0.717, 1.165) is 23.4 Å². The number of ether oxygens (including phenoxy) is 2. The van der Waals surface area contributed by atoms with E-state index in [4.69, 9.17) is 9.47 Å². The number of aromatic nitrogens is 2. The smallest absolute Gasteiger partial charge is 0.270 e. The van der Waals surface area contributed by atoms with E-state index in [9.17, 15) is 13.6 Å². The molecule has 1 N–H and O–H groups in total. The molecule has 0 fully saturated rings. The summed E-state index contributed by atoms with van der Waals surface area (Å²) in [6, 6.07) is 3.28. The molecular formula is C19H23F2N3O3. The summed E-state index contributed by atoms with van der Waals surface area (Å²) in [5, 5.41) is 7.25. The minimum absolute atomic E-state index is 0.0336. The van der Waals surface area contributed by atoms with Crippen molar-refractivity contribution in [3.8, 4) is 0 Å². The Morgan fingerprint density at radius 2 is 2.19 bits per heavy atom. The normalized spacial score (nSPS) is 19.0. The number of carbonyl (C=O) groups is 1. The van der Waals surface area contributed by atoms with Crippen LogP contribution in [0.25, 0.3) is 0 Å². The zero-order chi connectivity index (χ0) is 19.6. The van der Waals surface area contributed by atoms with Gasteiger partial charge in [-0.1, -0.05) is 6.07 Å². The maximum Gasteiger partial charge on any atom is 0.270 e. The first kappa shape index (κ1) is 19.4. The van der Waals surface area contributed by atoms with Crippen LogP contribution in [0.5, 0.6) is 0 Å². The molecule has 0 unspecified atom stereocenters. The second kappa shape index (κ2) is 8.14. The average molecular weight is 379 g/mol. The number of amides is 1. The van der Waals surface area contributed by atoms with Crippen molar-refractivity contribution in [1.29, 1.82) is 0 Å². The molecule has 1 amide bonds. The van der Waals surface area contributed by atoms with E-state index < -0.39 is 11.6 Å². The van der Waals surface area contributed by atoms with Gasteiger partial charge in [0.25, 0.3) is 5.91 Å². The number of nitrogens with one attached hydrogen (secondary N) is 1. The van der Waals surface area contributed by atoms with Gasteiger partial charge in [-0.15, -0.1) is 0 Å². The van der Waals surface area contributed by atoms with Crippen LogP contribution in [0.1, 0.15) is 47.3 Å². The number of nitrogens with zero attached hydrogens (tertiary/aromatic N) is 2. The Bertz CT molecular complexity index is 838. The summed E-state index contributed by atoms with van der Waals surface area (Å²) in [5.74, 6) is -1.71. The molecule has 1 aliphatic heterocycles. The Hall–Kier alpha value is -2.32. The molecule has 0 spiro atoms. The zero-order valence-electron chi connectivity index (χ0n) is 15.6. The van der Waals surface area contributed by atoms with Crippen molar-refractivity contribution in [2.75, 3.05) is 13.7 Å². The van der Waals surface area contributed by atoms with Gasteiger partial charge in [0.15, 0.2) is 0 Å². The van der Waals surface area contributed by atoms with E-state index in [1.54, 1.807) is 11.8 Å². The fourth-order valence-corrected chi connectivity index (χ4v) is 3.31. The van der Waals surface area contributed by atoms with Crippen LogP contribution in [0.15, 0.2) is 18.2 Å². The van der Waals surface area contributed by atoms with Crippen LogP contribution in [0.3, 0.4) is 0 Å². The second-order valence-corrected chi connectivity index (χ2v) is 6.64. The largest absolute Gasteiger partial charge is 0.383 e. The number of rotatable bonds is 6. The lowest BCUT2D eigenvalue weighted by Gasteiger charge is -2.24. The number of carbonyl (C=O) groups excluding carboxylic acids is 1. The van der Waals surface area contributed by atoms with Crippen molar-refractivity contribution >= 4 is 5.91 Å². The van der Waals surface area contributed by atoms with E-state index in [-0.39, 0.29) is 30.2 Å². The molecule has 3 rings (SSSR count). The Kier molecular flexibility index (Phi) is 5.86. The first-order valence-corrected chi connectivity index (χ1v) is 8.86. The van der Waals surface area contributed by atoms with Gasteiger partial charge in [-0.3, -0.25) is 9.48 Å². The standard InChI is InChI=1S/C19H23F2N3O3/c1-11-8-15-17(12(2)27-11)23-24(6-7-26-3)18(15)19(25)22-10-13-4-5-14(20)9-16(13)21/h4-5,9,11-12H,6-8,10H2,1-3H3,(H,22,25)/t11-,12+/m0/s1. The van der Waals surface area contributed by atoms with Gasteiger partial charge >= 0.3 is 0 Å². The SMILES string of the molecule is COCCn1nc2c(c1C(=O)NCc1ccc(F)cc1F)C[C@H](C)O[C@@H]2C. The lowest BCUT2D eigenvalue weighted by Crippen LogP contribution is -2.29. The number of halogens is 2. The Balaban J connectivity index is 1.86. The lowest BCUT2D eigenvalue weighted by atomic mass is 9.99. The highest BCUT2D eigenvalue weighted by atomic mass is 19.1. The summed E-state index contributed by atoms with van der Waals surface area (Å²) in [7, 11) is 1.58. The number of hydrogen-bond acceptors (Lipinski definition) is 4. The monoisotopic (exact) mass is 379 g/mol. The molecule has 6 nitrogen and oxygen atoms in total. The fraction of sp³-hybridized carbons (Fsp3) is 0.474. The molecule has 8 heteroatoms. The van der Waals surface area contributed by atoms with Gasteiger partial charge in [0.1, 0.15) is 17.3 Å². The summed E-state index contributed by atoms with van der Waals surface area (Å²) in [6.07, 6.45) is 0.322. The molecule has 1 aliphatic rings. The molecule has 0 saturated carbocycles. The summed E-state index contributed by atoms with van der Waals surface area (Å²) in [4.78, 5) is 12.9. The van der Waals surface area contributed by atoms with Crippen LogP contribution in [0.2, 0.25) is 0 Å². The molecule has 27 heavy (non-hydrogen) atoms. The minimum atomic E-state index is -0.694. The number of methoxy groups -OCH3 is 1. The predicted octanol–water partition coefficient (Wildman–Crippen LogP) is 2.76. The van der Waals surface area contributed by atoms with Crippen LogP contribution < -0.4 is 5.32 Å². The Morgan fingerprint density at radius 3 is 2.89 bits per heavy atom. The van der Waals surface area contributed by atoms with Crippen LogP contribution in [-0.4, -0.2) is 35.5 Å². The van der Waals surface area contributed by atoms with Crippen molar-refractivity contribution in [3.63, 3.8) is 0 Å². The second-order valence-electron chi connectivity index (χ2n) is 6.64. The van der Waals surface area contributed by atoms with Gasteiger partial charge in [0, 0.05) is 37.3 Å². The Labute approximate surface area is 156 Å². The van der Waals surface area contributed by atoms with Crippen LogP contribution in [-0.2, 0) is 29.0 Å². The maximum atomic E-state index is 13.8. The summed E-state index contributed by atoms with van der Waals surface area (Å²) in [5.41, 5.74) is 2.23. The van der Waals surface area contributed by atoms with E-state index in [0.29, 0.717) is 25.3 Å². The number of hydrogen-bond donors (Lipinski definition) is 1. The predicted molar refractivity (Wildman–Crippen MR) is 94.3 cm³/mol. The number of fused-ring (bicyclic) bond motifs is 1. The Morgan fingerprint density at radius 1 is 1.41 bits per heavy atom. The third-order valence-electron chi connectivity index (χ3n) is 4.57. The van der Waals surface area contributed by atoms with Crippen molar-refractivity contribution in [1.82, 2.24) is 15.1 Å². The van der Waals surface area contributed by atoms with Gasteiger partial charge in [-0.25, -0.2) is 8.78 Å². The molecule has 2 atom stereocenters. The van der Waals surface area contributed by atoms with E-state index in [1.165, 1.54) is 6.07 Å². The highest BCUT2D eigenvalue weighted by molar-refractivity contribution is 5.94. The molecule has 1 aromatic heterocycles. The number of benzene rings is 1. The first-order valence-electron chi connectivity index (χ1n) is 8.86. The van der Waals surface area contributed by atoms with Crippen molar-refractivity contribution < 1.29 is 23.0 Å². The first-order chi connectivity index (χ1) is 12.9. The summed E-state index contributed by atoms with van der Waals surface area (Å²) in [6.45, 7) is 4.62. The molecule has 0 bridgehead atoms. The quantitative estimate of drug-likeness (QED) is 0.838. The van der Waals surface area contributed by atoms with Gasteiger partial charge in [-0.05, 0) is 19.9 Å². The highest BCUT2D eigenvalue weighted by Crippen LogP contribution is 2.31. The van der Waals surface area contributed by atoms with Crippen LogP contribution >= 0.6 is 0 Å². The van der Waals surface area contributed by atoms with E-state index in [1.807, 2.05) is 13.8 Å². The van der Waals surface area contributed by atoms with Crippen molar-refractivity contribution in [2.45, 2.75) is 45.6 Å². The third kappa shape index (κ3) is 4.17. The molecule has 0 saturated heterocycles. The summed E-state index contributed by atoms with van der Waals surface area (Å²) < 4.78 is 39.4. The van der Waals surface area contributed by atoms with Gasteiger partial charge in [0.2, 0.25) is 0 Å². The summed E-state index contributed by atoms with van der Waals surface area (Å²) >= 11 is 0. The average Bonchev–Trinajstić information content (AvgIpc) is 2.97. The van der Waals surface area contributed by atoms with Crippen molar-refractivity contribution in [3.05, 3.63) is 52.3 Å². The molecule has 2 heterocycles. The molecule has 0 radical (unpaired) electrons. The van der Waals surface area contributed by atoms with Crippen LogP contribution in [0, 0.1) is 11.6 Å². The topological polar surface area (TPSA) is 65.4 Å². The highest BCUT2D eigenvalue weighted by Gasteiger charge is 2.32. The fourth-order valence-electron chi connectivity index (χ4n) is 3.31. The molecule has 0 aliphatic carbocycles. The molecule has 2 aromatic rings. The van der Waals surface area contributed by atoms with Gasteiger partial charge in [-0.2, -0.15) is 5.10 Å².